The summed E-state index contributed by atoms with van der Waals surface area (Å²) in [7, 11) is 0. The molecule has 0 aromatic heterocycles. The van der Waals surface area contributed by atoms with Crippen molar-refractivity contribution in [2.75, 3.05) is 13.2 Å². The molecule has 6 atom stereocenters. The van der Waals surface area contributed by atoms with E-state index in [-0.39, 0.29) is 18.3 Å². The van der Waals surface area contributed by atoms with E-state index in [1.165, 1.54) is 0 Å². The number of aliphatic hydroxyl groups is 2. The topological polar surface area (TPSA) is 222 Å². The third-order valence-electron chi connectivity index (χ3n) is 5.19. The van der Waals surface area contributed by atoms with Crippen LogP contribution in [0.15, 0.2) is 0 Å². The number of rotatable bonds is 15. The Bertz CT molecular complexity index is 715. The number of aliphatic hydroxyl groups excluding tert-OH is 2. The van der Waals surface area contributed by atoms with E-state index in [1.54, 1.807) is 13.8 Å². The van der Waals surface area contributed by atoms with Crippen molar-refractivity contribution < 1.29 is 45.0 Å². The lowest BCUT2D eigenvalue weighted by Gasteiger charge is -2.28. The van der Waals surface area contributed by atoms with E-state index in [0.29, 0.717) is 6.42 Å². The van der Waals surface area contributed by atoms with Gasteiger partial charge in [0.15, 0.2) is 6.04 Å². The number of carbonyl (C=O) groups is 5. The molecule has 0 aromatic carbocycles. The Morgan fingerprint density at radius 3 is 1.62 bits per heavy atom. The minimum absolute atomic E-state index is 0.0419. The van der Waals surface area contributed by atoms with Crippen LogP contribution in [0, 0.1) is 11.8 Å². The van der Waals surface area contributed by atoms with Gasteiger partial charge in [0.2, 0.25) is 17.7 Å². The molecule has 0 saturated carbocycles. The molecule has 0 aliphatic heterocycles. The Balaban J connectivity index is 5.56. The zero-order chi connectivity index (χ0) is 26.6. The van der Waals surface area contributed by atoms with E-state index in [2.05, 4.69) is 21.7 Å². The molecule has 0 aromatic rings. The Morgan fingerprint density at radius 1 is 0.735 bits per heavy atom. The summed E-state index contributed by atoms with van der Waals surface area (Å²) in [5.74, 6) is -4.56. The number of nitrogens with one attached hydrogen (secondary N) is 4. The summed E-state index contributed by atoms with van der Waals surface area (Å²) in [5, 5.41) is 37.1. The van der Waals surface area contributed by atoms with Gasteiger partial charge in [0.1, 0.15) is 24.2 Å². The number of hydrogen-bond donors (Lipinski definition) is 8. The first-order valence-corrected chi connectivity index (χ1v) is 11.3. The van der Waals surface area contributed by atoms with Gasteiger partial charge in [-0.15, -0.1) is 0 Å². The van der Waals surface area contributed by atoms with Crippen molar-refractivity contribution in [3.8, 4) is 0 Å². The van der Waals surface area contributed by atoms with Gasteiger partial charge in [0, 0.05) is 0 Å². The maximum Gasteiger partial charge on any atom is 0.328 e. The van der Waals surface area contributed by atoms with Crippen LogP contribution in [0.25, 0.3) is 0 Å². The fourth-order valence-electron chi connectivity index (χ4n) is 2.89. The second-order valence-corrected chi connectivity index (χ2v) is 8.79. The van der Waals surface area contributed by atoms with Gasteiger partial charge < -0.3 is 42.3 Å². The molecule has 34 heavy (non-hydrogen) atoms. The lowest BCUT2D eigenvalue weighted by atomic mass is 9.96. The fraction of sp³-hybridized carbons (Fsp3) is 0.762. The third-order valence-corrected chi connectivity index (χ3v) is 5.19. The number of aliphatic carboxylic acids is 1. The molecule has 0 saturated heterocycles. The van der Waals surface area contributed by atoms with Crippen molar-refractivity contribution in [3.05, 3.63) is 0 Å². The smallest absolute Gasteiger partial charge is 0.328 e. The highest BCUT2D eigenvalue weighted by molar-refractivity contribution is 5.95. The minimum atomic E-state index is -1.61. The highest BCUT2D eigenvalue weighted by Gasteiger charge is 2.33. The van der Waals surface area contributed by atoms with Crippen LogP contribution in [0.5, 0.6) is 0 Å². The van der Waals surface area contributed by atoms with E-state index < -0.39 is 73.0 Å². The molecule has 4 amide bonds. The van der Waals surface area contributed by atoms with Crippen molar-refractivity contribution >= 4 is 29.6 Å². The summed E-state index contributed by atoms with van der Waals surface area (Å²) in [5.41, 5.74) is 3.64. The molecule has 0 heterocycles. The Kier molecular flexibility index (Phi) is 14.0. The Hall–Kier alpha value is -2.77. The highest BCUT2D eigenvalue weighted by Crippen LogP contribution is 2.11. The molecular formula is C21H40N5O8+. The minimum Gasteiger partial charge on any atom is -0.480 e. The molecule has 0 rings (SSSR count). The third kappa shape index (κ3) is 10.4. The van der Waals surface area contributed by atoms with Crippen molar-refractivity contribution in [1.82, 2.24) is 21.3 Å². The van der Waals surface area contributed by atoms with E-state index >= 15 is 0 Å². The Labute approximate surface area is 199 Å². The van der Waals surface area contributed by atoms with Crippen molar-refractivity contribution in [2.24, 2.45) is 11.8 Å². The van der Waals surface area contributed by atoms with Gasteiger partial charge in [-0.3, -0.25) is 19.2 Å². The first-order valence-electron chi connectivity index (χ1n) is 11.3. The van der Waals surface area contributed by atoms with Crippen LogP contribution in [-0.4, -0.2) is 88.3 Å². The van der Waals surface area contributed by atoms with Gasteiger partial charge in [-0.25, -0.2) is 4.79 Å². The first-order chi connectivity index (χ1) is 15.8. The predicted octanol–water partition coefficient (Wildman–Crippen LogP) is -3.28. The van der Waals surface area contributed by atoms with Crippen LogP contribution < -0.4 is 27.0 Å². The normalized spacial score (nSPS) is 16.4. The SMILES string of the molecule is CC[C@H](C)[C@H](NC(=O)[C@H](C)[NH3+])C(=O)N[C@@H](CC(C)C)C(=O)N[C@@H](CO)C(=O)N[C@@H](CO)C(=O)O. The molecular weight excluding hydrogens is 450 g/mol. The molecule has 0 bridgehead atoms. The van der Waals surface area contributed by atoms with Crippen molar-refractivity contribution in [1.29, 1.82) is 0 Å². The fourth-order valence-corrected chi connectivity index (χ4v) is 2.89. The number of hydrogen-bond acceptors (Lipinski definition) is 7. The predicted molar refractivity (Wildman–Crippen MR) is 121 cm³/mol. The van der Waals surface area contributed by atoms with Crippen LogP contribution in [0.4, 0.5) is 0 Å². The first kappa shape index (κ1) is 31.2. The van der Waals surface area contributed by atoms with Gasteiger partial charge in [-0.05, 0) is 25.2 Å². The number of carbonyl (C=O) groups excluding carboxylic acids is 4. The molecule has 0 aliphatic carbocycles. The van der Waals surface area contributed by atoms with Crippen molar-refractivity contribution in [2.45, 2.75) is 77.7 Å². The highest BCUT2D eigenvalue weighted by atomic mass is 16.4. The zero-order valence-electron chi connectivity index (χ0n) is 20.5. The summed E-state index contributed by atoms with van der Waals surface area (Å²) in [6, 6.07) is -5.72. The summed E-state index contributed by atoms with van der Waals surface area (Å²) < 4.78 is 0. The second kappa shape index (κ2) is 15.2. The van der Waals surface area contributed by atoms with Gasteiger partial charge in [0.25, 0.3) is 5.91 Å². The maximum absolute atomic E-state index is 13.0. The van der Waals surface area contributed by atoms with Crippen LogP contribution in [-0.2, 0) is 24.0 Å². The van der Waals surface area contributed by atoms with Crippen LogP contribution in [0.1, 0.15) is 47.5 Å². The van der Waals surface area contributed by atoms with Crippen LogP contribution in [0.3, 0.4) is 0 Å². The molecule has 196 valence electrons. The van der Waals surface area contributed by atoms with Gasteiger partial charge in [-0.2, -0.15) is 0 Å². The zero-order valence-corrected chi connectivity index (χ0v) is 20.5. The van der Waals surface area contributed by atoms with Gasteiger partial charge in [-0.1, -0.05) is 34.1 Å². The summed E-state index contributed by atoms with van der Waals surface area (Å²) in [6.45, 7) is 7.13. The molecule has 0 aliphatic rings. The molecule has 0 fully saturated rings. The van der Waals surface area contributed by atoms with Gasteiger partial charge >= 0.3 is 5.97 Å². The summed E-state index contributed by atoms with van der Waals surface area (Å²) in [6.07, 6.45) is 0.770. The monoisotopic (exact) mass is 490 g/mol. The van der Waals surface area contributed by atoms with E-state index in [1.807, 2.05) is 26.1 Å². The standard InChI is InChI=1S/C21H39N5O8/c1-6-11(4)16(26-17(29)12(5)22)20(32)23-13(7-10(2)3)18(30)24-14(8-27)19(31)25-15(9-28)21(33)34/h10-16,27-28H,6-9,22H2,1-5H3,(H,23,32)(H,24,30)(H,25,31)(H,26,29)(H,33,34)/p+1/t11-,12-,13-,14-,15-,16-/m0/s1. The van der Waals surface area contributed by atoms with E-state index in [4.69, 9.17) is 10.2 Å². The van der Waals surface area contributed by atoms with Gasteiger partial charge in [0.05, 0.1) is 13.2 Å². The number of carboxylic acids is 1. The molecule has 0 unspecified atom stereocenters. The quantitative estimate of drug-likeness (QED) is 0.116. The van der Waals surface area contributed by atoms with Crippen LogP contribution in [0.2, 0.25) is 0 Å². The molecule has 0 radical (unpaired) electrons. The molecule has 13 nitrogen and oxygen atoms in total. The molecule has 10 N–H and O–H groups in total. The Morgan fingerprint density at radius 2 is 1.21 bits per heavy atom. The number of amides is 4. The van der Waals surface area contributed by atoms with E-state index in [9.17, 15) is 29.1 Å². The molecule has 0 spiro atoms. The maximum atomic E-state index is 13.0. The number of quaternary nitrogens is 1. The second-order valence-electron chi connectivity index (χ2n) is 8.79. The lowest BCUT2D eigenvalue weighted by Crippen LogP contribution is -2.68. The van der Waals surface area contributed by atoms with E-state index in [0.717, 1.165) is 0 Å². The number of carboxylic acid groups (broad SMARTS) is 1. The largest absolute Gasteiger partial charge is 0.480 e. The summed E-state index contributed by atoms with van der Waals surface area (Å²) >= 11 is 0. The van der Waals surface area contributed by atoms with Crippen LogP contribution >= 0.6 is 0 Å². The average molecular weight is 491 g/mol. The lowest BCUT2D eigenvalue weighted by molar-refractivity contribution is -0.398. The average Bonchev–Trinajstić information content (AvgIpc) is 2.76. The molecule has 13 heteroatoms. The summed E-state index contributed by atoms with van der Waals surface area (Å²) in [4.78, 5) is 61.3. The van der Waals surface area contributed by atoms with Crippen molar-refractivity contribution in [3.63, 3.8) is 0 Å².